The Kier molecular flexibility index (Phi) is 12.2. The summed E-state index contributed by atoms with van der Waals surface area (Å²) in [6, 6.07) is 0.808. The molecule has 0 bridgehead atoms. The number of halogens is 1. The highest BCUT2D eigenvalue weighted by Gasteiger charge is 2.20. The molecule has 1 atom stereocenters. The van der Waals surface area contributed by atoms with Gasteiger partial charge in [-0.05, 0) is 33.9 Å². The SMILES string of the molecule is CCC(CC)C(CN=C(N)NC(C)C)N(C)C.I. The van der Waals surface area contributed by atoms with E-state index >= 15 is 0 Å². The van der Waals surface area contributed by atoms with Gasteiger partial charge in [0.1, 0.15) is 0 Å². The quantitative estimate of drug-likeness (QED) is 0.411. The van der Waals surface area contributed by atoms with Gasteiger partial charge in [-0.2, -0.15) is 0 Å². The molecule has 0 radical (unpaired) electrons. The third-order valence-corrected chi connectivity index (χ3v) is 3.14. The second-order valence-electron chi connectivity index (χ2n) is 5.13. The number of rotatable bonds is 7. The van der Waals surface area contributed by atoms with Crippen molar-refractivity contribution in [2.24, 2.45) is 16.6 Å². The number of nitrogens with two attached hydrogens (primary N) is 1. The molecule has 0 spiro atoms. The van der Waals surface area contributed by atoms with Crippen molar-refractivity contribution in [3.63, 3.8) is 0 Å². The standard InChI is InChI=1S/C13H30N4.HI/c1-7-11(8-2)12(17(5)6)9-15-13(14)16-10(3)4;/h10-12H,7-9H2,1-6H3,(H3,14,15,16);1H. The molecule has 0 aromatic heterocycles. The summed E-state index contributed by atoms with van der Waals surface area (Å²) < 4.78 is 0. The smallest absolute Gasteiger partial charge is 0.188 e. The van der Waals surface area contributed by atoms with Crippen LogP contribution in [-0.4, -0.2) is 43.6 Å². The molecule has 0 aliphatic rings. The van der Waals surface area contributed by atoms with Gasteiger partial charge in [0.25, 0.3) is 0 Å². The van der Waals surface area contributed by atoms with Crippen LogP contribution in [0.15, 0.2) is 4.99 Å². The van der Waals surface area contributed by atoms with E-state index in [-0.39, 0.29) is 24.0 Å². The summed E-state index contributed by atoms with van der Waals surface area (Å²) in [5.41, 5.74) is 5.83. The van der Waals surface area contributed by atoms with E-state index in [1.54, 1.807) is 0 Å². The molecule has 0 aromatic carbocycles. The molecule has 18 heavy (non-hydrogen) atoms. The fraction of sp³-hybridized carbons (Fsp3) is 0.923. The summed E-state index contributed by atoms with van der Waals surface area (Å²) in [5, 5.41) is 3.12. The topological polar surface area (TPSA) is 53.6 Å². The van der Waals surface area contributed by atoms with Gasteiger partial charge in [0.05, 0.1) is 6.54 Å². The largest absolute Gasteiger partial charge is 0.370 e. The van der Waals surface area contributed by atoms with Gasteiger partial charge in [0, 0.05) is 12.1 Å². The molecule has 0 aliphatic carbocycles. The van der Waals surface area contributed by atoms with Gasteiger partial charge >= 0.3 is 0 Å². The minimum absolute atomic E-state index is 0. The molecule has 4 nitrogen and oxygen atoms in total. The second-order valence-corrected chi connectivity index (χ2v) is 5.13. The van der Waals surface area contributed by atoms with Gasteiger partial charge in [0.2, 0.25) is 0 Å². The number of nitrogens with zero attached hydrogens (tertiary/aromatic N) is 2. The molecule has 0 heterocycles. The third-order valence-electron chi connectivity index (χ3n) is 3.14. The zero-order valence-corrected chi connectivity index (χ0v) is 15.1. The molecule has 1 unspecified atom stereocenters. The molecule has 0 saturated carbocycles. The van der Waals surface area contributed by atoms with Crippen molar-refractivity contribution in [3.8, 4) is 0 Å². The van der Waals surface area contributed by atoms with Crippen molar-refractivity contribution >= 4 is 29.9 Å². The van der Waals surface area contributed by atoms with E-state index in [4.69, 9.17) is 5.73 Å². The highest BCUT2D eigenvalue weighted by Crippen LogP contribution is 2.17. The van der Waals surface area contributed by atoms with Crippen molar-refractivity contribution in [1.29, 1.82) is 0 Å². The lowest BCUT2D eigenvalue weighted by Gasteiger charge is -2.30. The molecule has 0 aliphatic heterocycles. The lowest BCUT2D eigenvalue weighted by molar-refractivity contribution is 0.206. The second kappa shape index (κ2) is 10.8. The number of hydrogen-bond acceptors (Lipinski definition) is 2. The molecule has 0 amide bonds. The van der Waals surface area contributed by atoms with Gasteiger partial charge < -0.3 is 16.0 Å². The molecule has 0 rings (SSSR count). The number of likely N-dealkylation sites (N-methyl/N-ethyl adjacent to an activating group) is 1. The van der Waals surface area contributed by atoms with Crippen LogP contribution in [0.5, 0.6) is 0 Å². The van der Waals surface area contributed by atoms with Crippen LogP contribution in [0.3, 0.4) is 0 Å². The first-order valence-corrected chi connectivity index (χ1v) is 6.65. The zero-order valence-electron chi connectivity index (χ0n) is 12.7. The number of aliphatic imine (C=N–C) groups is 1. The molecule has 3 N–H and O–H groups in total. The Balaban J connectivity index is 0. The average molecular weight is 370 g/mol. The van der Waals surface area contributed by atoms with E-state index in [1.807, 2.05) is 0 Å². The Morgan fingerprint density at radius 2 is 1.72 bits per heavy atom. The Bertz CT molecular complexity index is 225. The monoisotopic (exact) mass is 370 g/mol. The van der Waals surface area contributed by atoms with Crippen molar-refractivity contribution in [2.75, 3.05) is 20.6 Å². The summed E-state index contributed by atoms with van der Waals surface area (Å²) in [6.07, 6.45) is 2.37. The van der Waals surface area contributed by atoms with Crippen molar-refractivity contribution in [3.05, 3.63) is 0 Å². The van der Waals surface area contributed by atoms with E-state index in [0.717, 1.165) is 6.54 Å². The first-order valence-electron chi connectivity index (χ1n) is 6.65. The first kappa shape index (κ1) is 20.3. The van der Waals surface area contributed by atoms with Crippen molar-refractivity contribution in [2.45, 2.75) is 52.6 Å². The number of hydrogen-bond donors (Lipinski definition) is 2. The van der Waals surface area contributed by atoms with Crippen LogP contribution in [0.25, 0.3) is 0 Å². The summed E-state index contributed by atoms with van der Waals surface area (Å²) in [4.78, 5) is 6.70. The molecule has 0 fully saturated rings. The van der Waals surface area contributed by atoms with Gasteiger partial charge in [-0.25, -0.2) is 0 Å². The maximum absolute atomic E-state index is 5.83. The van der Waals surface area contributed by atoms with Crippen LogP contribution in [0.4, 0.5) is 0 Å². The fourth-order valence-corrected chi connectivity index (χ4v) is 2.10. The predicted molar refractivity (Wildman–Crippen MR) is 91.7 cm³/mol. The fourth-order valence-electron chi connectivity index (χ4n) is 2.10. The van der Waals surface area contributed by atoms with Gasteiger partial charge in [0.15, 0.2) is 5.96 Å². The number of nitrogens with one attached hydrogen (secondary N) is 1. The van der Waals surface area contributed by atoms with Crippen LogP contribution in [0, 0.1) is 5.92 Å². The van der Waals surface area contributed by atoms with Gasteiger partial charge in [-0.15, -0.1) is 24.0 Å². The highest BCUT2D eigenvalue weighted by atomic mass is 127. The Hall–Kier alpha value is -0.0400. The maximum atomic E-state index is 5.83. The highest BCUT2D eigenvalue weighted by molar-refractivity contribution is 14.0. The van der Waals surface area contributed by atoms with Crippen LogP contribution in [0.2, 0.25) is 0 Å². The summed E-state index contributed by atoms with van der Waals surface area (Å²) in [7, 11) is 4.23. The average Bonchev–Trinajstić information content (AvgIpc) is 2.22. The molecule has 110 valence electrons. The maximum Gasteiger partial charge on any atom is 0.188 e. The summed E-state index contributed by atoms with van der Waals surface area (Å²) >= 11 is 0. The molecule has 0 aromatic rings. The molecular weight excluding hydrogens is 339 g/mol. The zero-order chi connectivity index (χ0) is 13.4. The van der Waals surface area contributed by atoms with Crippen LogP contribution in [-0.2, 0) is 0 Å². The van der Waals surface area contributed by atoms with Crippen LogP contribution < -0.4 is 11.1 Å². The van der Waals surface area contributed by atoms with Crippen molar-refractivity contribution in [1.82, 2.24) is 10.2 Å². The van der Waals surface area contributed by atoms with Crippen LogP contribution >= 0.6 is 24.0 Å². The summed E-state index contributed by atoms with van der Waals surface area (Å²) in [5.74, 6) is 1.23. The van der Waals surface area contributed by atoms with Gasteiger partial charge in [-0.3, -0.25) is 4.99 Å². The van der Waals surface area contributed by atoms with E-state index in [0.29, 0.717) is 24.0 Å². The third kappa shape index (κ3) is 8.13. The van der Waals surface area contributed by atoms with Crippen LogP contribution in [0.1, 0.15) is 40.5 Å². The molecular formula is C13H31IN4. The first-order chi connectivity index (χ1) is 7.92. The minimum atomic E-state index is 0. The minimum Gasteiger partial charge on any atom is -0.370 e. The number of guanidine groups is 1. The normalized spacial score (nSPS) is 13.9. The lowest BCUT2D eigenvalue weighted by atomic mass is 9.93. The Morgan fingerprint density at radius 3 is 2.06 bits per heavy atom. The molecule has 0 saturated heterocycles. The molecule has 5 heteroatoms. The van der Waals surface area contributed by atoms with E-state index in [1.165, 1.54) is 12.8 Å². The van der Waals surface area contributed by atoms with E-state index in [9.17, 15) is 0 Å². The lowest BCUT2D eigenvalue weighted by Crippen LogP contribution is -2.41. The Morgan fingerprint density at radius 1 is 1.22 bits per heavy atom. The summed E-state index contributed by atoms with van der Waals surface area (Å²) in [6.45, 7) is 9.37. The van der Waals surface area contributed by atoms with Gasteiger partial charge in [-0.1, -0.05) is 26.7 Å². The Labute approximate surface area is 130 Å². The van der Waals surface area contributed by atoms with Crippen molar-refractivity contribution < 1.29 is 0 Å². The van der Waals surface area contributed by atoms with E-state index in [2.05, 4.69) is 57.0 Å². The predicted octanol–water partition coefficient (Wildman–Crippen LogP) is 2.28. The van der Waals surface area contributed by atoms with E-state index < -0.39 is 0 Å².